The second-order valence-electron chi connectivity index (χ2n) is 6.59. The Bertz CT molecular complexity index is 1200. The number of unbranched alkanes of at least 4 members (excludes halogenated alkanes) is 1. The molecule has 29 heavy (non-hydrogen) atoms. The lowest BCUT2D eigenvalue weighted by Gasteiger charge is -2.04. The van der Waals surface area contributed by atoms with Gasteiger partial charge in [0.15, 0.2) is 5.65 Å². The first-order valence-corrected chi connectivity index (χ1v) is 9.48. The summed E-state index contributed by atoms with van der Waals surface area (Å²) >= 11 is 0. The van der Waals surface area contributed by atoms with Crippen LogP contribution < -0.4 is 11.1 Å². The summed E-state index contributed by atoms with van der Waals surface area (Å²) in [6.07, 6.45) is 6.88. The van der Waals surface area contributed by atoms with E-state index in [1.54, 1.807) is 18.6 Å². The fourth-order valence-corrected chi connectivity index (χ4v) is 3.03. The molecule has 8 heteroatoms. The molecule has 1 aromatic carbocycles. The SMILES string of the molecule is CCCCNC(=O)c1c(N)n(/N=C\c2ccncc2)c2nc3ccccc3nc12. The second-order valence-corrected chi connectivity index (χ2v) is 6.59. The molecule has 0 aliphatic heterocycles. The normalized spacial score (nSPS) is 11.5. The second kappa shape index (κ2) is 8.05. The Morgan fingerprint density at radius 1 is 1.17 bits per heavy atom. The zero-order valence-corrected chi connectivity index (χ0v) is 16.0. The predicted octanol–water partition coefficient (Wildman–Crippen LogP) is 2.97. The average Bonchev–Trinajstić information content (AvgIpc) is 3.01. The van der Waals surface area contributed by atoms with Gasteiger partial charge in [-0.25, -0.2) is 9.97 Å². The van der Waals surface area contributed by atoms with Gasteiger partial charge < -0.3 is 11.1 Å². The van der Waals surface area contributed by atoms with Gasteiger partial charge in [-0.1, -0.05) is 25.5 Å². The van der Waals surface area contributed by atoms with Crippen LogP contribution in [0.2, 0.25) is 0 Å². The topological polar surface area (TPSA) is 111 Å². The van der Waals surface area contributed by atoms with E-state index in [9.17, 15) is 4.79 Å². The van der Waals surface area contributed by atoms with E-state index in [0.29, 0.717) is 34.3 Å². The van der Waals surface area contributed by atoms with Crippen LogP contribution in [0, 0.1) is 0 Å². The van der Waals surface area contributed by atoms with E-state index >= 15 is 0 Å². The minimum atomic E-state index is -0.275. The van der Waals surface area contributed by atoms with Crippen molar-refractivity contribution >= 4 is 40.1 Å². The van der Waals surface area contributed by atoms with E-state index in [0.717, 1.165) is 18.4 Å². The zero-order chi connectivity index (χ0) is 20.2. The van der Waals surface area contributed by atoms with Crippen LogP contribution in [0.3, 0.4) is 0 Å². The first-order valence-electron chi connectivity index (χ1n) is 9.48. The molecule has 4 aromatic rings. The lowest BCUT2D eigenvalue weighted by Crippen LogP contribution is -2.25. The summed E-state index contributed by atoms with van der Waals surface area (Å²) in [7, 11) is 0. The largest absolute Gasteiger partial charge is 0.383 e. The van der Waals surface area contributed by atoms with Gasteiger partial charge in [0.1, 0.15) is 16.9 Å². The van der Waals surface area contributed by atoms with Crippen LogP contribution >= 0.6 is 0 Å². The number of nitrogens with zero attached hydrogens (tertiary/aromatic N) is 5. The van der Waals surface area contributed by atoms with Gasteiger partial charge in [-0.3, -0.25) is 9.78 Å². The van der Waals surface area contributed by atoms with E-state index in [2.05, 4.69) is 32.3 Å². The van der Waals surface area contributed by atoms with Gasteiger partial charge in [0.2, 0.25) is 0 Å². The van der Waals surface area contributed by atoms with Gasteiger partial charge in [-0.05, 0) is 36.2 Å². The first kappa shape index (κ1) is 18.5. The number of rotatable bonds is 6. The lowest BCUT2D eigenvalue weighted by atomic mass is 10.2. The third-order valence-electron chi connectivity index (χ3n) is 4.55. The maximum atomic E-state index is 12.8. The molecule has 0 spiro atoms. The molecule has 8 nitrogen and oxygen atoms in total. The molecule has 0 atom stereocenters. The predicted molar refractivity (Wildman–Crippen MR) is 114 cm³/mol. The highest BCUT2D eigenvalue weighted by Crippen LogP contribution is 2.27. The van der Waals surface area contributed by atoms with Crippen LogP contribution in [0.15, 0.2) is 53.9 Å². The monoisotopic (exact) mass is 387 g/mol. The van der Waals surface area contributed by atoms with Gasteiger partial charge in [0, 0.05) is 18.9 Å². The molecule has 3 aromatic heterocycles. The zero-order valence-electron chi connectivity index (χ0n) is 16.0. The summed E-state index contributed by atoms with van der Waals surface area (Å²) in [5, 5.41) is 7.37. The van der Waals surface area contributed by atoms with Crippen LogP contribution in [0.5, 0.6) is 0 Å². The maximum absolute atomic E-state index is 12.8. The van der Waals surface area contributed by atoms with Crippen molar-refractivity contribution in [3.05, 3.63) is 59.9 Å². The van der Waals surface area contributed by atoms with E-state index in [4.69, 9.17) is 5.73 Å². The molecule has 0 bridgehead atoms. The molecule has 146 valence electrons. The van der Waals surface area contributed by atoms with E-state index < -0.39 is 0 Å². The highest BCUT2D eigenvalue weighted by molar-refractivity contribution is 6.10. The number of hydrogen-bond acceptors (Lipinski definition) is 6. The number of benzene rings is 1. The van der Waals surface area contributed by atoms with E-state index in [1.165, 1.54) is 4.68 Å². The number of aromatic nitrogens is 4. The molecular weight excluding hydrogens is 366 g/mol. The summed E-state index contributed by atoms with van der Waals surface area (Å²) in [6.45, 7) is 2.64. The van der Waals surface area contributed by atoms with Gasteiger partial charge in [-0.15, -0.1) is 0 Å². The third kappa shape index (κ3) is 3.64. The molecule has 0 unspecified atom stereocenters. The smallest absolute Gasteiger partial charge is 0.257 e. The molecule has 0 fully saturated rings. The lowest BCUT2D eigenvalue weighted by molar-refractivity contribution is 0.0955. The van der Waals surface area contributed by atoms with Crippen molar-refractivity contribution in [1.29, 1.82) is 0 Å². The van der Waals surface area contributed by atoms with Crippen molar-refractivity contribution in [1.82, 2.24) is 24.9 Å². The molecule has 0 radical (unpaired) electrons. The first-order chi connectivity index (χ1) is 14.2. The highest BCUT2D eigenvalue weighted by atomic mass is 16.1. The number of fused-ring (bicyclic) bond motifs is 2. The molecule has 0 saturated heterocycles. The average molecular weight is 387 g/mol. The standard InChI is InChI=1S/C21H21N7O/c1-2-3-10-24-21(29)17-18-20(27-16-7-5-4-6-15(16)26-18)28(19(17)22)25-13-14-8-11-23-12-9-14/h4-9,11-13H,2-3,10,22H2,1H3,(H,24,29)/b25-13-. The Hall–Kier alpha value is -3.81. The van der Waals surface area contributed by atoms with Crippen molar-refractivity contribution in [3.63, 3.8) is 0 Å². The number of nitrogens with one attached hydrogen (secondary N) is 1. The number of carbonyl (C=O) groups is 1. The molecule has 0 aliphatic carbocycles. The molecular formula is C21H21N7O. The number of nitrogens with two attached hydrogens (primary N) is 1. The number of anilines is 1. The fraction of sp³-hybridized carbons (Fsp3) is 0.190. The Labute approximate surface area is 167 Å². The Morgan fingerprint density at radius 3 is 2.62 bits per heavy atom. The summed E-state index contributed by atoms with van der Waals surface area (Å²) in [4.78, 5) is 26.2. The number of carbonyl (C=O) groups excluding carboxylic acids is 1. The van der Waals surface area contributed by atoms with Crippen LogP contribution in [-0.2, 0) is 0 Å². The number of amides is 1. The molecule has 0 saturated carbocycles. The van der Waals surface area contributed by atoms with Gasteiger partial charge in [-0.2, -0.15) is 9.78 Å². The summed E-state index contributed by atoms with van der Waals surface area (Å²) in [5.74, 6) is -0.0713. The number of hydrogen-bond donors (Lipinski definition) is 2. The minimum absolute atomic E-state index is 0.203. The quantitative estimate of drug-likeness (QED) is 0.390. The van der Waals surface area contributed by atoms with Crippen LogP contribution in [0.1, 0.15) is 35.7 Å². The Balaban J connectivity index is 1.87. The van der Waals surface area contributed by atoms with Crippen molar-refractivity contribution in [3.8, 4) is 0 Å². The van der Waals surface area contributed by atoms with Crippen LogP contribution in [-0.4, -0.2) is 38.3 Å². The van der Waals surface area contributed by atoms with E-state index in [1.807, 2.05) is 36.4 Å². The number of nitrogen functional groups attached to an aromatic ring is 1. The third-order valence-corrected chi connectivity index (χ3v) is 4.55. The van der Waals surface area contributed by atoms with Crippen molar-refractivity contribution < 1.29 is 4.79 Å². The number of pyridine rings is 1. The van der Waals surface area contributed by atoms with Gasteiger partial charge >= 0.3 is 0 Å². The molecule has 3 N–H and O–H groups in total. The van der Waals surface area contributed by atoms with Crippen LogP contribution in [0.25, 0.3) is 22.2 Å². The van der Waals surface area contributed by atoms with Crippen molar-refractivity contribution in [2.75, 3.05) is 12.3 Å². The summed E-state index contributed by atoms with van der Waals surface area (Å²) in [5.41, 5.74) is 9.75. The summed E-state index contributed by atoms with van der Waals surface area (Å²) < 4.78 is 1.46. The highest BCUT2D eigenvalue weighted by Gasteiger charge is 2.23. The van der Waals surface area contributed by atoms with Crippen molar-refractivity contribution in [2.45, 2.75) is 19.8 Å². The van der Waals surface area contributed by atoms with Gasteiger partial charge in [0.05, 0.1) is 17.2 Å². The van der Waals surface area contributed by atoms with Gasteiger partial charge in [0.25, 0.3) is 5.91 Å². The van der Waals surface area contributed by atoms with Crippen LogP contribution in [0.4, 0.5) is 5.82 Å². The molecule has 1 amide bonds. The molecule has 0 aliphatic rings. The van der Waals surface area contributed by atoms with Crippen molar-refractivity contribution in [2.24, 2.45) is 5.10 Å². The minimum Gasteiger partial charge on any atom is -0.383 e. The summed E-state index contributed by atoms with van der Waals surface area (Å²) in [6, 6.07) is 11.1. The Kier molecular flexibility index (Phi) is 5.15. The number of para-hydroxylation sites is 2. The maximum Gasteiger partial charge on any atom is 0.257 e. The molecule has 3 heterocycles. The fourth-order valence-electron chi connectivity index (χ4n) is 3.03. The molecule has 4 rings (SSSR count). The van der Waals surface area contributed by atoms with E-state index in [-0.39, 0.29) is 11.7 Å². The Morgan fingerprint density at radius 2 is 1.90 bits per heavy atom.